The number of benzene rings is 2. The second-order valence-corrected chi connectivity index (χ2v) is 6.54. The van der Waals surface area contributed by atoms with Crippen molar-refractivity contribution in [2.45, 2.75) is 26.8 Å². The van der Waals surface area contributed by atoms with Crippen molar-refractivity contribution >= 4 is 11.2 Å². The summed E-state index contributed by atoms with van der Waals surface area (Å²) in [6, 6.07) is 10.9. The van der Waals surface area contributed by atoms with E-state index in [0.29, 0.717) is 11.3 Å². The molecule has 0 spiro atoms. The Morgan fingerprint density at radius 1 is 1.04 bits per heavy atom. The van der Waals surface area contributed by atoms with Gasteiger partial charge in [0.1, 0.15) is 17.1 Å². The summed E-state index contributed by atoms with van der Waals surface area (Å²) in [5.41, 5.74) is 5.47. The lowest BCUT2D eigenvalue weighted by atomic mass is 9.97. The van der Waals surface area contributed by atoms with Gasteiger partial charge in [0.15, 0.2) is 5.65 Å². The molecule has 0 fully saturated rings. The average Bonchev–Trinajstić information content (AvgIpc) is 3.17. The zero-order valence-electron chi connectivity index (χ0n) is 16.1. The molecule has 28 heavy (non-hydrogen) atoms. The lowest BCUT2D eigenvalue weighted by Crippen LogP contribution is -1.96. The summed E-state index contributed by atoms with van der Waals surface area (Å²) in [5.74, 6) is 0.354. The van der Waals surface area contributed by atoms with E-state index < -0.39 is 0 Å². The Kier molecular flexibility index (Phi) is 4.77. The fourth-order valence-electron chi connectivity index (χ4n) is 3.39. The van der Waals surface area contributed by atoms with E-state index in [0.717, 1.165) is 46.4 Å². The highest BCUT2D eigenvalue weighted by Gasteiger charge is 2.16. The molecule has 0 N–H and O–H groups in total. The molecule has 0 aliphatic heterocycles. The van der Waals surface area contributed by atoms with Crippen molar-refractivity contribution in [3.05, 3.63) is 60.3 Å². The molecule has 6 heteroatoms. The quantitative estimate of drug-likeness (QED) is 0.498. The van der Waals surface area contributed by atoms with Crippen LogP contribution < -0.4 is 4.74 Å². The van der Waals surface area contributed by atoms with Gasteiger partial charge in [0, 0.05) is 23.2 Å². The van der Waals surface area contributed by atoms with Gasteiger partial charge < -0.3 is 9.30 Å². The third kappa shape index (κ3) is 3.01. The van der Waals surface area contributed by atoms with Crippen molar-refractivity contribution in [3.8, 4) is 28.0 Å². The van der Waals surface area contributed by atoms with Crippen LogP contribution in [0.4, 0.5) is 4.39 Å². The molecule has 5 nitrogen and oxygen atoms in total. The lowest BCUT2D eigenvalue weighted by molar-refractivity contribution is 0.415. The van der Waals surface area contributed by atoms with Crippen LogP contribution in [0.3, 0.4) is 0 Å². The predicted molar refractivity (Wildman–Crippen MR) is 108 cm³/mol. The fraction of sp³-hybridized carbons (Fsp3) is 0.227. The number of rotatable bonds is 5. The van der Waals surface area contributed by atoms with Crippen molar-refractivity contribution in [2.75, 3.05) is 7.11 Å². The maximum atomic E-state index is 14.7. The molecule has 0 aliphatic carbocycles. The molecule has 2 aromatic carbocycles. The molecule has 4 aromatic rings. The number of halogens is 1. The molecule has 0 saturated carbocycles. The molecule has 0 atom stereocenters. The van der Waals surface area contributed by atoms with Crippen LogP contribution in [0.15, 0.2) is 48.9 Å². The molecule has 0 radical (unpaired) electrons. The van der Waals surface area contributed by atoms with Gasteiger partial charge in [-0.25, -0.2) is 9.37 Å². The number of imidazole rings is 1. The monoisotopic (exact) mass is 376 g/mol. The van der Waals surface area contributed by atoms with Crippen LogP contribution >= 0.6 is 0 Å². The normalized spacial score (nSPS) is 11.1. The zero-order chi connectivity index (χ0) is 19.7. The molecule has 0 amide bonds. The summed E-state index contributed by atoms with van der Waals surface area (Å²) in [7, 11) is 1.60. The predicted octanol–water partition coefficient (Wildman–Crippen LogP) is 4.89. The van der Waals surface area contributed by atoms with Crippen LogP contribution in [0.2, 0.25) is 0 Å². The van der Waals surface area contributed by atoms with Gasteiger partial charge in [0.05, 0.1) is 19.6 Å². The van der Waals surface area contributed by atoms with E-state index >= 15 is 0 Å². The minimum Gasteiger partial charge on any atom is -0.496 e. The minimum absolute atomic E-state index is 0.302. The van der Waals surface area contributed by atoms with E-state index in [-0.39, 0.29) is 5.82 Å². The van der Waals surface area contributed by atoms with Gasteiger partial charge in [0.25, 0.3) is 0 Å². The molecule has 0 saturated heterocycles. The van der Waals surface area contributed by atoms with E-state index in [4.69, 9.17) is 4.74 Å². The SMILES string of the molecule is CCc1ccc(-c2cc(-c3cnnc4c3ncn4CC)ccc2F)c(OC)c1. The standard InChI is InChI=1S/C22H21FN4O/c1-4-14-6-8-16(20(10-14)28-3)17-11-15(7-9-19(17)23)18-12-25-26-22-21(18)24-13-27(22)5-2/h6-13H,4-5H2,1-3H3. The molecule has 0 bridgehead atoms. The van der Waals surface area contributed by atoms with Gasteiger partial charge in [-0.05, 0) is 42.7 Å². The van der Waals surface area contributed by atoms with E-state index in [2.05, 4.69) is 22.1 Å². The number of methoxy groups -OCH3 is 1. The van der Waals surface area contributed by atoms with Gasteiger partial charge in [-0.15, -0.1) is 5.10 Å². The Hall–Kier alpha value is -3.28. The minimum atomic E-state index is -0.302. The summed E-state index contributed by atoms with van der Waals surface area (Å²) in [6.45, 7) is 4.86. The molecule has 2 aromatic heterocycles. The van der Waals surface area contributed by atoms with E-state index in [1.54, 1.807) is 25.7 Å². The third-order valence-electron chi connectivity index (χ3n) is 4.99. The molecule has 0 aliphatic rings. The fourth-order valence-corrected chi connectivity index (χ4v) is 3.39. The van der Waals surface area contributed by atoms with Crippen LogP contribution in [-0.4, -0.2) is 26.9 Å². The number of aromatic nitrogens is 4. The Morgan fingerprint density at radius 2 is 1.89 bits per heavy atom. The first kappa shape index (κ1) is 18.1. The summed E-state index contributed by atoms with van der Waals surface area (Å²) in [6.07, 6.45) is 4.31. The molecule has 2 heterocycles. The van der Waals surface area contributed by atoms with Gasteiger partial charge in [-0.2, -0.15) is 5.10 Å². The first-order valence-electron chi connectivity index (χ1n) is 9.30. The lowest BCUT2D eigenvalue weighted by Gasteiger charge is -2.13. The largest absolute Gasteiger partial charge is 0.496 e. The highest BCUT2D eigenvalue weighted by Crippen LogP contribution is 2.36. The highest BCUT2D eigenvalue weighted by molar-refractivity contribution is 5.90. The number of fused-ring (bicyclic) bond motifs is 1. The number of hydrogen-bond acceptors (Lipinski definition) is 4. The van der Waals surface area contributed by atoms with E-state index in [9.17, 15) is 4.39 Å². The van der Waals surface area contributed by atoms with Crippen molar-refractivity contribution in [1.29, 1.82) is 0 Å². The van der Waals surface area contributed by atoms with Gasteiger partial charge in [0.2, 0.25) is 0 Å². The van der Waals surface area contributed by atoms with Crippen LogP contribution in [0, 0.1) is 5.82 Å². The van der Waals surface area contributed by atoms with Crippen LogP contribution in [0.1, 0.15) is 19.4 Å². The molecule has 4 rings (SSSR count). The number of aryl methyl sites for hydroxylation is 2. The Morgan fingerprint density at radius 3 is 2.64 bits per heavy atom. The third-order valence-corrected chi connectivity index (χ3v) is 4.99. The zero-order valence-corrected chi connectivity index (χ0v) is 16.1. The van der Waals surface area contributed by atoms with Crippen LogP contribution in [0.5, 0.6) is 5.75 Å². The Balaban J connectivity index is 1.89. The second kappa shape index (κ2) is 7.38. The number of nitrogens with zero attached hydrogens (tertiary/aromatic N) is 4. The summed E-state index contributed by atoms with van der Waals surface area (Å²) >= 11 is 0. The van der Waals surface area contributed by atoms with E-state index in [1.165, 1.54) is 6.07 Å². The summed E-state index contributed by atoms with van der Waals surface area (Å²) < 4.78 is 22.2. The Bertz CT molecular complexity index is 1150. The maximum Gasteiger partial charge on any atom is 0.183 e. The maximum absolute atomic E-state index is 14.7. The summed E-state index contributed by atoms with van der Waals surface area (Å²) in [4.78, 5) is 4.49. The molecule has 0 unspecified atom stereocenters. The first-order chi connectivity index (χ1) is 13.7. The van der Waals surface area contributed by atoms with Gasteiger partial charge in [-0.1, -0.05) is 25.1 Å². The Labute approximate surface area is 162 Å². The molecular weight excluding hydrogens is 355 g/mol. The second-order valence-electron chi connectivity index (χ2n) is 6.54. The smallest absolute Gasteiger partial charge is 0.183 e. The molecular formula is C22H21FN4O. The van der Waals surface area contributed by atoms with Crippen molar-refractivity contribution < 1.29 is 9.13 Å². The average molecular weight is 376 g/mol. The number of hydrogen-bond donors (Lipinski definition) is 0. The van der Waals surface area contributed by atoms with Crippen molar-refractivity contribution in [3.63, 3.8) is 0 Å². The van der Waals surface area contributed by atoms with E-state index in [1.807, 2.05) is 35.8 Å². The number of ether oxygens (including phenoxy) is 1. The van der Waals surface area contributed by atoms with Gasteiger partial charge >= 0.3 is 0 Å². The highest BCUT2D eigenvalue weighted by atomic mass is 19.1. The first-order valence-corrected chi connectivity index (χ1v) is 9.30. The van der Waals surface area contributed by atoms with Crippen LogP contribution in [0.25, 0.3) is 33.4 Å². The summed E-state index contributed by atoms with van der Waals surface area (Å²) in [5, 5.41) is 8.32. The topological polar surface area (TPSA) is 52.8 Å². The molecule has 142 valence electrons. The van der Waals surface area contributed by atoms with Crippen molar-refractivity contribution in [1.82, 2.24) is 19.7 Å². The van der Waals surface area contributed by atoms with Gasteiger partial charge in [-0.3, -0.25) is 0 Å². The van der Waals surface area contributed by atoms with Crippen molar-refractivity contribution in [2.24, 2.45) is 0 Å². The van der Waals surface area contributed by atoms with Crippen LogP contribution in [-0.2, 0) is 13.0 Å².